The lowest BCUT2D eigenvalue weighted by atomic mass is 9.86. The highest BCUT2D eigenvalue weighted by molar-refractivity contribution is 9.11. The third-order valence-corrected chi connectivity index (χ3v) is 2.66. The Bertz CT molecular complexity index is 213. The van der Waals surface area contributed by atoms with Crippen LogP contribution in [0.2, 0.25) is 0 Å². The Kier molecular flexibility index (Phi) is 2.91. The zero-order valence-corrected chi connectivity index (χ0v) is 7.52. The molecule has 2 nitrogen and oxygen atoms in total. The molecule has 0 bridgehead atoms. The van der Waals surface area contributed by atoms with Crippen LogP contribution in [0.3, 0.4) is 0 Å². The fraction of sp³-hybridized carbons (Fsp3) is 0.200. The van der Waals surface area contributed by atoms with Crippen molar-refractivity contribution in [2.45, 2.75) is 6.32 Å². The topological polar surface area (TPSA) is 40.5 Å². The molecule has 0 saturated carbocycles. The van der Waals surface area contributed by atoms with Gasteiger partial charge in [-0.1, -0.05) is 0 Å². The molecule has 0 saturated heterocycles. The van der Waals surface area contributed by atoms with Gasteiger partial charge in [0.05, 0.1) is 3.79 Å². The van der Waals surface area contributed by atoms with Crippen LogP contribution in [0, 0.1) is 0 Å². The summed E-state index contributed by atoms with van der Waals surface area (Å²) in [6, 6.07) is 3.76. The second kappa shape index (κ2) is 3.53. The van der Waals surface area contributed by atoms with Crippen LogP contribution in [0.5, 0.6) is 0 Å². The molecule has 1 aromatic rings. The fourth-order valence-electron chi connectivity index (χ4n) is 0.641. The molecule has 5 heteroatoms. The van der Waals surface area contributed by atoms with Crippen molar-refractivity contribution in [3.8, 4) is 0 Å². The monoisotopic (exact) mass is 220 g/mol. The molecule has 0 aromatic carbocycles. The van der Waals surface area contributed by atoms with Crippen LogP contribution < -0.4 is 0 Å². The van der Waals surface area contributed by atoms with Crippen molar-refractivity contribution < 1.29 is 10.0 Å². The molecule has 0 aliphatic rings. The number of hydrogen-bond acceptors (Lipinski definition) is 3. The van der Waals surface area contributed by atoms with E-state index in [1.165, 1.54) is 11.3 Å². The minimum Gasteiger partial charge on any atom is -0.427 e. The molecule has 54 valence electrons. The molecule has 0 atom stereocenters. The first-order chi connectivity index (χ1) is 4.68. The highest BCUT2D eigenvalue weighted by Gasteiger charge is 2.08. The Balaban J connectivity index is 2.58. The molecule has 1 rings (SSSR count). The molecule has 2 N–H and O–H groups in total. The van der Waals surface area contributed by atoms with Gasteiger partial charge in [0.25, 0.3) is 0 Å². The minimum absolute atomic E-state index is 0.316. The summed E-state index contributed by atoms with van der Waals surface area (Å²) in [5.41, 5.74) is 0. The highest BCUT2D eigenvalue weighted by Crippen LogP contribution is 2.22. The van der Waals surface area contributed by atoms with Crippen LogP contribution in [0.1, 0.15) is 4.88 Å². The van der Waals surface area contributed by atoms with Crippen molar-refractivity contribution >= 4 is 34.4 Å². The Labute approximate surface area is 71.8 Å². The van der Waals surface area contributed by atoms with Gasteiger partial charge in [-0.2, -0.15) is 0 Å². The number of hydrogen-bond donors (Lipinski definition) is 2. The number of rotatable bonds is 2. The van der Waals surface area contributed by atoms with Crippen molar-refractivity contribution in [3.05, 3.63) is 20.8 Å². The molecule has 1 heterocycles. The second-order valence-corrected chi connectivity index (χ2v) is 4.44. The molecule has 0 amide bonds. The van der Waals surface area contributed by atoms with E-state index < -0.39 is 7.12 Å². The van der Waals surface area contributed by atoms with E-state index in [1.54, 1.807) is 0 Å². The van der Waals surface area contributed by atoms with Crippen LogP contribution in [-0.2, 0) is 6.32 Å². The number of thiophene rings is 1. The molecule has 10 heavy (non-hydrogen) atoms. The van der Waals surface area contributed by atoms with Gasteiger partial charge in [0.2, 0.25) is 0 Å². The fourth-order valence-corrected chi connectivity index (χ4v) is 2.15. The van der Waals surface area contributed by atoms with E-state index in [0.717, 1.165) is 8.66 Å². The quantitative estimate of drug-likeness (QED) is 0.733. The predicted octanol–water partition coefficient (Wildman–Crippen LogP) is 1.07. The third-order valence-electron chi connectivity index (χ3n) is 1.01. The summed E-state index contributed by atoms with van der Waals surface area (Å²) in [6.45, 7) is 0. The highest BCUT2D eigenvalue weighted by atomic mass is 79.9. The van der Waals surface area contributed by atoms with E-state index in [4.69, 9.17) is 10.0 Å². The lowest BCUT2D eigenvalue weighted by molar-refractivity contribution is 0.406. The summed E-state index contributed by atoms with van der Waals surface area (Å²) in [6.07, 6.45) is 0.316. The average Bonchev–Trinajstić information content (AvgIpc) is 2.13. The summed E-state index contributed by atoms with van der Waals surface area (Å²) in [5.74, 6) is 0. The van der Waals surface area contributed by atoms with Gasteiger partial charge in [-0.05, 0) is 28.1 Å². The molecule has 0 fully saturated rings. The van der Waals surface area contributed by atoms with Crippen molar-refractivity contribution in [1.29, 1.82) is 0 Å². The van der Waals surface area contributed by atoms with Crippen molar-refractivity contribution in [1.82, 2.24) is 0 Å². The zero-order valence-electron chi connectivity index (χ0n) is 5.12. The summed E-state index contributed by atoms with van der Waals surface area (Å²) in [4.78, 5) is 0.974. The van der Waals surface area contributed by atoms with Crippen LogP contribution in [-0.4, -0.2) is 17.2 Å². The number of halogens is 1. The second-order valence-electron chi connectivity index (χ2n) is 1.89. The van der Waals surface area contributed by atoms with Gasteiger partial charge >= 0.3 is 7.12 Å². The van der Waals surface area contributed by atoms with Crippen LogP contribution in [0.25, 0.3) is 0 Å². The molecule has 1 aromatic heterocycles. The lowest BCUT2D eigenvalue weighted by Crippen LogP contribution is -2.13. The van der Waals surface area contributed by atoms with Gasteiger partial charge in [-0.15, -0.1) is 11.3 Å². The summed E-state index contributed by atoms with van der Waals surface area (Å²) < 4.78 is 1.02. The Morgan fingerprint density at radius 2 is 2.20 bits per heavy atom. The van der Waals surface area contributed by atoms with Gasteiger partial charge in [0, 0.05) is 11.2 Å². The zero-order chi connectivity index (χ0) is 7.56. The SMILES string of the molecule is OB(O)Cc1ccc(Br)s1. The van der Waals surface area contributed by atoms with E-state index in [2.05, 4.69) is 15.9 Å². The first-order valence-corrected chi connectivity index (χ1v) is 4.40. The van der Waals surface area contributed by atoms with Crippen molar-refractivity contribution in [2.75, 3.05) is 0 Å². The lowest BCUT2D eigenvalue weighted by Gasteiger charge is -1.91. The smallest absolute Gasteiger partial charge is 0.427 e. The predicted molar refractivity (Wildman–Crippen MR) is 45.9 cm³/mol. The first kappa shape index (κ1) is 8.26. The molecular formula is C5H6BBrO2S. The summed E-state index contributed by atoms with van der Waals surface area (Å²) in [7, 11) is -1.23. The molecule has 0 aliphatic carbocycles. The van der Waals surface area contributed by atoms with Crippen molar-refractivity contribution in [3.63, 3.8) is 0 Å². The molecule has 0 spiro atoms. The van der Waals surface area contributed by atoms with Crippen LogP contribution in [0.4, 0.5) is 0 Å². The van der Waals surface area contributed by atoms with Crippen LogP contribution >= 0.6 is 27.3 Å². The molecule has 0 unspecified atom stereocenters. The first-order valence-electron chi connectivity index (χ1n) is 2.79. The standard InChI is InChI=1S/C5H6BBrO2S/c7-5-2-1-4(10-5)3-6(8)9/h1-2,8-9H,3H2. The van der Waals surface area contributed by atoms with E-state index >= 15 is 0 Å². The van der Waals surface area contributed by atoms with Gasteiger partial charge in [0.1, 0.15) is 0 Å². The van der Waals surface area contributed by atoms with Gasteiger partial charge in [-0.3, -0.25) is 0 Å². The van der Waals surface area contributed by atoms with E-state index in [-0.39, 0.29) is 0 Å². The molecule has 0 radical (unpaired) electrons. The van der Waals surface area contributed by atoms with E-state index in [1.807, 2.05) is 12.1 Å². The summed E-state index contributed by atoms with van der Waals surface area (Å²) >= 11 is 4.79. The third kappa shape index (κ3) is 2.42. The summed E-state index contributed by atoms with van der Waals surface area (Å²) in [5, 5.41) is 17.1. The maximum Gasteiger partial charge on any atom is 0.456 e. The van der Waals surface area contributed by atoms with E-state index in [9.17, 15) is 0 Å². The Hall–Kier alpha value is 0.165. The maximum atomic E-state index is 8.56. The maximum absolute atomic E-state index is 8.56. The van der Waals surface area contributed by atoms with E-state index in [0.29, 0.717) is 6.32 Å². The average molecular weight is 221 g/mol. The Morgan fingerprint density at radius 1 is 1.50 bits per heavy atom. The minimum atomic E-state index is -1.23. The molecular weight excluding hydrogens is 215 g/mol. The Morgan fingerprint density at radius 3 is 2.60 bits per heavy atom. The normalized spacial score (nSPS) is 9.90. The van der Waals surface area contributed by atoms with Gasteiger partial charge < -0.3 is 10.0 Å². The van der Waals surface area contributed by atoms with Gasteiger partial charge in [-0.25, -0.2) is 0 Å². The van der Waals surface area contributed by atoms with Crippen LogP contribution in [0.15, 0.2) is 15.9 Å². The molecule has 0 aliphatic heterocycles. The van der Waals surface area contributed by atoms with Crippen molar-refractivity contribution in [2.24, 2.45) is 0 Å². The van der Waals surface area contributed by atoms with Gasteiger partial charge in [0.15, 0.2) is 0 Å². The largest absolute Gasteiger partial charge is 0.456 e.